The van der Waals surface area contributed by atoms with Crippen LogP contribution in [-0.4, -0.2) is 12.6 Å². The van der Waals surface area contributed by atoms with Gasteiger partial charge in [-0.05, 0) is 36.8 Å². The average Bonchev–Trinajstić information content (AvgIpc) is 2.49. The van der Waals surface area contributed by atoms with Crippen LogP contribution in [0.2, 0.25) is 0 Å². The topological polar surface area (TPSA) is 50.4 Å². The smallest absolute Gasteiger partial charge is 0.387 e. The molecule has 0 spiro atoms. The Bertz CT molecular complexity index is 696. The predicted octanol–water partition coefficient (Wildman–Crippen LogP) is 4.68. The molecular weight excluding hydrogens is 370 g/mol. The summed E-state index contributed by atoms with van der Waals surface area (Å²) in [7, 11) is 0. The van der Waals surface area contributed by atoms with Gasteiger partial charge in [0.1, 0.15) is 5.75 Å². The van der Waals surface area contributed by atoms with E-state index in [0.29, 0.717) is 11.3 Å². The number of halogens is 3. The number of hydrogen-bond acceptors (Lipinski definition) is 2. The van der Waals surface area contributed by atoms with Gasteiger partial charge < -0.3 is 15.4 Å². The van der Waals surface area contributed by atoms with Crippen molar-refractivity contribution in [2.24, 2.45) is 0 Å². The van der Waals surface area contributed by atoms with E-state index < -0.39 is 12.6 Å². The van der Waals surface area contributed by atoms with Crippen LogP contribution in [0.4, 0.5) is 19.3 Å². The van der Waals surface area contributed by atoms with E-state index in [4.69, 9.17) is 0 Å². The van der Waals surface area contributed by atoms with Crippen LogP contribution >= 0.6 is 15.9 Å². The van der Waals surface area contributed by atoms with E-state index in [1.165, 1.54) is 6.07 Å². The lowest BCUT2D eigenvalue weighted by Gasteiger charge is -2.13. The molecule has 2 aromatic carbocycles. The first-order valence-electron chi connectivity index (χ1n) is 6.79. The van der Waals surface area contributed by atoms with Crippen LogP contribution in [0.3, 0.4) is 0 Å². The highest BCUT2D eigenvalue weighted by atomic mass is 79.9. The Balaban J connectivity index is 1.97. The second kappa shape index (κ2) is 7.92. The second-order valence-electron chi connectivity index (χ2n) is 4.75. The fourth-order valence-electron chi connectivity index (χ4n) is 1.97. The molecule has 0 radical (unpaired) electrons. The van der Waals surface area contributed by atoms with E-state index in [2.05, 4.69) is 31.3 Å². The van der Waals surface area contributed by atoms with Gasteiger partial charge in [0.15, 0.2) is 0 Å². The van der Waals surface area contributed by atoms with Crippen LogP contribution in [0.1, 0.15) is 11.1 Å². The van der Waals surface area contributed by atoms with Gasteiger partial charge in [-0.3, -0.25) is 0 Å². The molecule has 7 heteroatoms. The van der Waals surface area contributed by atoms with Gasteiger partial charge in [0, 0.05) is 22.3 Å². The zero-order chi connectivity index (χ0) is 16.8. The minimum atomic E-state index is -2.91. The lowest BCUT2D eigenvalue weighted by molar-refractivity contribution is -0.0504. The van der Waals surface area contributed by atoms with Crippen LogP contribution in [0, 0.1) is 6.92 Å². The summed E-state index contributed by atoms with van der Waals surface area (Å²) in [6.45, 7) is -0.966. The van der Waals surface area contributed by atoms with Crippen LogP contribution < -0.4 is 15.4 Å². The van der Waals surface area contributed by atoms with Gasteiger partial charge >= 0.3 is 12.6 Å². The number of carbonyl (C=O) groups is 1. The number of benzene rings is 2. The summed E-state index contributed by atoms with van der Waals surface area (Å²) in [5.41, 5.74) is 2.04. The van der Waals surface area contributed by atoms with Gasteiger partial charge in [0.05, 0.1) is 0 Å². The molecule has 2 rings (SSSR count). The molecule has 2 amide bonds. The molecule has 122 valence electrons. The first-order chi connectivity index (χ1) is 11.0. The lowest BCUT2D eigenvalue weighted by atomic mass is 10.2. The minimum absolute atomic E-state index is 0.0441. The van der Waals surface area contributed by atoms with Crippen molar-refractivity contribution < 1.29 is 18.3 Å². The Labute approximate surface area is 141 Å². The predicted molar refractivity (Wildman–Crippen MR) is 87.8 cm³/mol. The summed E-state index contributed by atoms with van der Waals surface area (Å²) in [4.78, 5) is 11.9. The molecular formula is C16H15BrF2N2O2. The van der Waals surface area contributed by atoms with Gasteiger partial charge in [0.2, 0.25) is 0 Å². The summed E-state index contributed by atoms with van der Waals surface area (Å²) >= 11 is 3.35. The molecule has 0 aliphatic rings. The molecule has 0 bridgehead atoms. The molecule has 0 aliphatic heterocycles. The van der Waals surface area contributed by atoms with Crippen molar-refractivity contribution in [2.45, 2.75) is 20.1 Å². The van der Waals surface area contributed by atoms with Crippen molar-refractivity contribution in [1.29, 1.82) is 0 Å². The molecule has 0 heterocycles. The molecule has 2 aromatic rings. The summed E-state index contributed by atoms with van der Waals surface area (Å²) in [6, 6.07) is 11.4. The van der Waals surface area contributed by atoms with Gasteiger partial charge in [-0.25, -0.2) is 4.79 Å². The highest BCUT2D eigenvalue weighted by Crippen LogP contribution is 2.21. The third kappa shape index (κ3) is 5.21. The summed E-state index contributed by atoms with van der Waals surface area (Å²) < 4.78 is 30.0. The summed E-state index contributed by atoms with van der Waals surface area (Å²) in [5.74, 6) is 0.0441. The van der Waals surface area contributed by atoms with Gasteiger partial charge in [-0.15, -0.1) is 0 Å². The Hall–Kier alpha value is -2.15. The zero-order valence-corrected chi connectivity index (χ0v) is 13.9. The third-order valence-corrected chi connectivity index (χ3v) is 3.56. The zero-order valence-electron chi connectivity index (χ0n) is 12.3. The number of carbonyl (C=O) groups excluding carboxylic acids is 1. The monoisotopic (exact) mass is 384 g/mol. The van der Waals surface area contributed by atoms with Crippen molar-refractivity contribution in [2.75, 3.05) is 5.32 Å². The van der Waals surface area contributed by atoms with Gasteiger partial charge in [-0.1, -0.05) is 34.1 Å². The Morgan fingerprint density at radius 1 is 1.26 bits per heavy atom. The Morgan fingerprint density at radius 2 is 2.00 bits per heavy atom. The van der Waals surface area contributed by atoms with Gasteiger partial charge in [-0.2, -0.15) is 8.78 Å². The number of hydrogen-bond donors (Lipinski definition) is 2. The number of urea groups is 1. The fourth-order valence-corrected chi connectivity index (χ4v) is 2.45. The van der Waals surface area contributed by atoms with E-state index in [1.807, 2.05) is 19.1 Å². The first kappa shape index (κ1) is 17.2. The van der Waals surface area contributed by atoms with Crippen molar-refractivity contribution in [1.82, 2.24) is 5.32 Å². The quantitative estimate of drug-likeness (QED) is 0.785. The van der Waals surface area contributed by atoms with Crippen molar-refractivity contribution in [3.05, 3.63) is 58.1 Å². The molecule has 23 heavy (non-hydrogen) atoms. The molecule has 0 aliphatic carbocycles. The lowest BCUT2D eigenvalue weighted by Crippen LogP contribution is -2.28. The normalized spacial score (nSPS) is 10.5. The number of nitrogens with one attached hydrogen (secondary N) is 2. The highest BCUT2D eigenvalue weighted by Gasteiger charge is 2.10. The van der Waals surface area contributed by atoms with Crippen molar-refractivity contribution >= 4 is 27.6 Å². The van der Waals surface area contributed by atoms with E-state index in [-0.39, 0.29) is 12.3 Å². The van der Waals surface area contributed by atoms with Crippen LogP contribution in [0.15, 0.2) is 46.9 Å². The van der Waals surface area contributed by atoms with E-state index in [1.54, 1.807) is 24.3 Å². The molecule has 0 aromatic heterocycles. The molecule has 0 unspecified atom stereocenters. The minimum Gasteiger partial charge on any atom is -0.434 e. The SMILES string of the molecule is Cc1cc(Br)ccc1NC(=O)NCc1ccccc1OC(F)F. The number of rotatable bonds is 5. The van der Waals surface area contributed by atoms with Crippen LogP contribution in [0.25, 0.3) is 0 Å². The highest BCUT2D eigenvalue weighted by molar-refractivity contribution is 9.10. The molecule has 0 atom stereocenters. The molecule has 0 saturated carbocycles. The Morgan fingerprint density at radius 3 is 2.70 bits per heavy atom. The third-order valence-electron chi connectivity index (χ3n) is 3.06. The number of anilines is 1. The maximum absolute atomic E-state index is 12.3. The molecule has 2 N–H and O–H groups in total. The standard InChI is InChI=1S/C16H15BrF2N2O2/c1-10-8-12(17)6-7-13(10)21-16(22)20-9-11-4-2-3-5-14(11)23-15(18)19/h2-8,15H,9H2,1H3,(H2,20,21,22). The average molecular weight is 385 g/mol. The van der Waals surface area contributed by atoms with E-state index in [9.17, 15) is 13.6 Å². The number of para-hydroxylation sites is 1. The fraction of sp³-hybridized carbons (Fsp3) is 0.188. The van der Waals surface area contributed by atoms with E-state index >= 15 is 0 Å². The maximum atomic E-state index is 12.3. The molecule has 0 fully saturated rings. The molecule has 0 saturated heterocycles. The number of amides is 2. The Kier molecular flexibility index (Phi) is 5.92. The first-order valence-corrected chi connectivity index (χ1v) is 7.58. The molecule has 4 nitrogen and oxygen atoms in total. The summed E-state index contributed by atoms with van der Waals surface area (Å²) in [5, 5.41) is 5.32. The second-order valence-corrected chi connectivity index (χ2v) is 5.67. The number of alkyl halides is 2. The number of aryl methyl sites for hydroxylation is 1. The summed E-state index contributed by atoms with van der Waals surface area (Å²) in [6.07, 6.45) is 0. The van der Waals surface area contributed by atoms with Crippen LogP contribution in [-0.2, 0) is 6.54 Å². The van der Waals surface area contributed by atoms with E-state index in [0.717, 1.165) is 10.0 Å². The maximum Gasteiger partial charge on any atom is 0.387 e. The van der Waals surface area contributed by atoms with Crippen LogP contribution in [0.5, 0.6) is 5.75 Å². The van der Waals surface area contributed by atoms with Crippen molar-refractivity contribution in [3.63, 3.8) is 0 Å². The van der Waals surface area contributed by atoms with Gasteiger partial charge in [0.25, 0.3) is 0 Å². The largest absolute Gasteiger partial charge is 0.434 e. The van der Waals surface area contributed by atoms with Crippen molar-refractivity contribution in [3.8, 4) is 5.75 Å². The number of ether oxygens (including phenoxy) is 1.